The van der Waals surface area contributed by atoms with Crippen molar-refractivity contribution in [3.8, 4) is 0 Å². The van der Waals surface area contributed by atoms with Crippen LogP contribution in [0.1, 0.15) is 51.5 Å². The van der Waals surface area contributed by atoms with Crippen molar-refractivity contribution < 1.29 is 40.1 Å². The number of nitrogens with zero attached hydrogens (tertiary/aromatic N) is 1. The van der Waals surface area contributed by atoms with Gasteiger partial charge in [-0.15, -0.1) is 0 Å². The number of hydrogen-bond acceptors (Lipinski definition) is 9. The summed E-state index contributed by atoms with van der Waals surface area (Å²) in [6, 6.07) is 9.37. The fourth-order valence-electron chi connectivity index (χ4n) is 3.89. The van der Waals surface area contributed by atoms with Crippen LogP contribution in [0, 0.1) is 5.92 Å². The first-order valence-electron chi connectivity index (χ1n) is 10.8. The van der Waals surface area contributed by atoms with Crippen molar-refractivity contribution in [3.05, 3.63) is 35.9 Å². The number of aliphatic hydroxyl groups is 4. The average Bonchev–Trinajstić information content (AvgIpc) is 2.78. The standard InChI is InChI=1S/C20H31NO8.C2H6/c22-18(29-27)13-21(14-20(24,25)26)11-12-28-15-19(23,16-7-3-1-4-8-16)17-9-5-2-6-10-17;1-2/h1,3-4,7-8,17,23-27H,2,5-6,9-15H2;1-2H3. The lowest BCUT2D eigenvalue weighted by Crippen LogP contribution is -2.46. The maximum Gasteiger partial charge on any atom is 0.355 e. The van der Waals surface area contributed by atoms with E-state index < -0.39 is 30.6 Å². The van der Waals surface area contributed by atoms with Crippen LogP contribution in [0.15, 0.2) is 30.3 Å². The fourth-order valence-corrected chi connectivity index (χ4v) is 3.89. The van der Waals surface area contributed by atoms with Crippen molar-refractivity contribution in [2.24, 2.45) is 5.92 Å². The number of carbonyl (C=O) groups is 1. The van der Waals surface area contributed by atoms with Crippen LogP contribution in [-0.2, 0) is 20.0 Å². The lowest BCUT2D eigenvalue weighted by atomic mass is 9.74. The van der Waals surface area contributed by atoms with Gasteiger partial charge in [-0.2, -0.15) is 5.26 Å². The molecule has 2 rings (SSSR count). The van der Waals surface area contributed by atoms with Gasteiger partial charge >= 0.3 is 5.97 Å². The van der Waals surface area contributed by atoms with E-state index in [4.69, 9.17) is 25.3 Å². The van der Waals surface area contributed by atoms with E-state index in [1.165, 1.54) is 0 Å². The molecule has 1 atom stereocenters. The molecule has 5 N–H and O–H groups in total. The van der Waals surface area contributed by atoms with Gasteiger partial charge in [0.1, 0.15) is 12.1 Å². The van der Waals surface area contributed by atoms with Crippen molar-refractivity contribution in [2.75, 3.05) is 32.8 Å². The summed E-state index contributed by atoms with van der Waals surface area (Å²) in [5, 5.41) is 47.3. The summed E-state index contributed by atoms with van der Waals surface area (Å²) in [7, 11) is 0. The Morgan fingerprint density at radius 1 is 1.06 bits per heavy atom. The first kappa shape index (κ1) is 27.4. The van der Waals surface area contributed by atoms with E-state index in [0.29, 0.717) is 0 Å². The van der Waals surface area contributed by atoms with Gasteiger partial charge in [0.15, 0.2) is 0 Å². The molecule has 1 unspecified atom stereocenters. The van der Waals surface area contributed by atoms with Crippen LogP contribution in [0.2, 0.25) is 0 Å². The Morgan fingerprint density at radius 2 is 1.68 bits per heavy atom. The van der Waals surface area contributed by atoms with E-state index in [1.54, 1.807) is 0 Å². The molecular formula is C22H37NO8. The number of ether oxygens (including phenoxy) is 1. The Bertz CT molecular complexity index is 616. The molecule has 0 aromatic heterocycles. The topological polar surface area (TPSA) is 140 Å². The lowest BCUT2D eigenvalue weighted by Gasteiger charge is -2.39. The van der Waals surface area contributed by atoms with Gasteiger partial charge in [0.05, 0.1) is 19.8 Å². The minimum absolute atomic E-state index is 0.0358. The predicted octanol–water partition coefficient (Wildman–Crippen LogP) is 1.45. The minimum Gasteiger partial charge on any atom is -0.382 e. The number of hydrogen-bond donors (Lipinski definition) is 5. The second-order valence-corrected chi connectivity index (χ2v) is 7.63. The van der Waals surface area contributed by atoms with Crippen molar-refractivity contribution in [1.82, 2.24) is 4.90 Å². The Kier molecular flexibility index (Phi) is 12.2. The molecule has 0 saturated heterocycles. The molecule has 0 amide bonds. The van der Waals surface area contributed by atoms with Crippen molar-refractivity contribution in [3.63, 3.8) is 0 Å². The molecule has 1 aromatic carbocycles. The minimum atomic E-state index is -3.01. The SMILES string of the molecule is CC.O=C(CN(CCOCC(O)(c1ccccc1)C1CCCCC1)CC(O)(O)O)OO. The molecule has 1 aliphatic carbocycles. The first-order chi connectivity index (χ1) is 14.7. The van der Waals surface area contributed by atoms with E-state index in [-0.39, 0.29) is 25.7 Å². The van der Waals surface area contributed by atoms with Crippen LogP contribution < -0.4 is 0 Å². The van der Waals surface area contributed by atoms with Crippen LogP contribution in [0.4, 0.5) is 0 Å². The number of carbonyl (C=O) groups excluding carboxylic acids is 1. The second kappa shape index (κ2) is 13.7. The molecular weight excluding hydrogens is 406 g/mol. The Labute approximate surface area is 183 Å². The Morgan fingerprint density at radius 3 is 2.23 bits per heavy atom. The second-order valence-electron chi connectivity index (χ2n) is 7.63. The molecule has 0 heterocycles. The molecule has 9 nitrogen and oxygen atoms in total. The Balaban J connectivity index is 0.00000233. The van der Waals surface area contributed by atoms with Gasteiger partial charge in [-0.1, -0.05) is 63.4 Å². The zero-order chi connectivity index (χ0) is 23.3. The van der Waals surface area contributed by atoms with Crippen LogP contribution >= 0.6 is 0 Å². The summed E-state index contributed by atoms with van der Waals surface area (Å²) < 4.78 is 5.72. The van der Waals surface area contributed by atoms with Gasteiger partial charge in [-0.25, -0.2) is 4.79 Å². The van der Waals surface area contributed by atoms with Gasteiger partial charge in [0.2, 0.25) is 0 Å². The highest BCUT2D eigenvalue weighted by atomic mass is 17.1. The summed E-state index contributed by atoms with van der Waals surface area (Å²) in [6.45, 7) is 2.99. The molecule has 1 fully saturated rings. The molecule has 9 heteroatoms. The maximum atomic E-state index is 11.5. The average molecular weight is 444 g/mol. The van der Waals surface area contributed by atoms with Gasteiger partial charge in [-0.05, 0) is 24.3 Å². The predicted molar refractivity (Wildman–Crippen MR) is 114 cm³/mol. The third kappa shape index (κ3) is 9.61. The quantitative estimate of drug-likeness (QED) is 0.149. The molecule has 0 aliphatic heterocycles. The third-order valence-corrected chi connectivity index (χ3v) is 5.32. The fraction of sp³-hybridized carbons (Fsp3) is 0.682. The van der Waals surface area contributed by atoms with Gasteiger partial charge < -0.3 is 25.2 Å². The summed E-state index contributed by atoms with van der Waals surface area (Å²) in [6.07, 6.45) is 5.09. The normalized spacial score (nSPS) is 16.9. The molecule has 178 valence electrons. The summed E-state index contributed by atoms with van der Waals surface area (Å²) >= 11 is 0. The van der Waals surface area contributed by atoms with Crippen molar-refractivity contribution in [2.45, 2.75) is 57.5 Å². The summed E-state index contributed by atoms with van der Waals surface area (Å²) in [4.78, 5) is 16.0. The Hall–Kier alpha value is -1.59. The summed E-state index contributed by atoms with van der Waals surface area (Å²) in [5.74, 6) is -3.96. The highest BCUT2D eigenvalue weighted by Gasteiger charge is 2.39. The maximum absolute atomic E-state index is 11.5. The molecule has 1 aliphatic rings. The zero-order valence-electron chi connectivity index (χ0n) is 18.4. The molecule has 0 radical (unpaired) electrons. The van der Waals surface area contributed by atoms with Gasteiger partial charge in [0, 0.05) is 6.54 Å². The van der Waals surface area contributed by atoms with Crippen LogP contribution in [0.5, 0.6) is 0 Å². The molecule has 0 bridgehead atoms. The van der Waals surface area contributed by atoms with E-state index in [9.17, 15) is 9.90 Å². The van der Waals surface area contributed by atoms with Gasteiger partial charge in [-0.3, -0.25) is 9.79 Å². The molecule has 31 heavy (non-hydrogen) atoms. The third-order valence-electron chi connectivity index (χ3n) is 5.32. The van der Waals surface area contributed by atoms with Crippen molar-refractivity contribution in [1.29, 1.82) is 0 Å². The lowest BCUT2D eigenvalue weighted by molar-refractivity contribution is -0.317. The largest absolute Gasteiger partial charge is 0.382 e. The van der Waals surface area contributed by atoms with E-state index in [2.05, 4.69) is 4.89 Å². The van der Waals surface area contributed by atoms with Gasteiger partial charge in [0.25, 0.3) is 5.97 Å². The van der Waals surface area contributed by atoms with Crippen LogP contribution in [0.3, 0.4) is 0 Å². The molecule has 1 saturated carbocycles. The van der Waals surface area contributed by atoms with E-state index in [0.717, 1.165) is 42.6 Å². The smallest absolute Gasteiger partial charge is 0.355 e. The number of benzene rings is 1. The summed E-state index contributed by atoms with van der Waals surface area (Å²) in [5.41, 5.74) is -0.363. The van der Waals surface area contributed by atoms with E-state index >= 15 is 0 Å². The van der Waals surface area contributed by atoms with E-state index in [1.807, 2.05) is 44.2 Å². The van der Waals surface area contributed by atoms with Crippen LogP contribution in [-0.4, -0.2) is 75.4 Å². The monoisotopic (exact) mass is 443 g/mol. The highest BCUT2D eigenvalue weighted by molar-refractivity contribution is 5.70. The van der Waals surface area contributed by atoms with Crippen LogP contribution in [0.25, 0.3) is 0 Å². The first-order valence-corrected chi connectivity index (χ1v) is 10.8. The molecule has 0 spiro atoms. The molecule has 1 aromatic rings. The number of rotatable bonds is 11. The van der Waals surface area contributed by atoms with Crippen molar-refractivity contribution >= 4 is 5.97 Å². The zero-order valence-corrected chi connectivity index (χ0v) is 18.4. The highest BCUT2D eigenvalue weighted by Crippen LogP contribution is 2.39.